The molecule has 1 aromatic rings. The summed E-state index contributed by atoms with van der Waals surface area (Å²) >= 11 is 1.87. The predicted octanol–water partition coefficient (Wildman–Crippen LogP) is 3.60. The Balaban J connectivity index is 0.00000200. The number of anilines is 1. The number of benzene rings is 1. The molecule has 0 aliphatic carbocycles. The molecule has 3 nitrogen and oxygen atoms in total. The van der Waals surface area contributed by atoms with E-state index in [2.05, 4.69) is 17.2 Å². The molecule has 1 aromatic carbocycles. The van der Waals surface area contributed by atoms with Crippen molar-refractivity contribution in [2.75, 3.05) is 17.6 Å². The molecule has 112 valence electrons. The summed E-state index contributed by atoms with van der Waals surface area (Å²) < 4.78 is 26.5. The highest BCUT2D eigenvalue weighted by atomic mass is 127. The second-order valence-corrected chi connectivity index (χ2v) is 6.54. The lowest BCUT2D eigenvalue weighted by molar-refractivity contribution is 0.603. The van der Waals surface area contributed by atoms with Crippen molar-refractivity contribution in [3.63, 3.8) is 0 Å². The standard InChI is InChI=1S/C13H17F2N3S.HI/c1-13(5-2-6-19-13)8-17-12(16)18-11-7-9(14)3-4-10(11)15;/h3-4,7H,2,5-6,8H2,1H3,(H3,16,17,18);1H. The van der Waals surface area contributed by atoms with Gasteiger partial charge in [-0.25, -0.2) is 8.78 Å². The first-order chi connectivity index (χ1) is 8.98. The summed E-state index contributed by atoms with van der Waals surface area (Å²) in [5.41, 5.74) is 5.71. The Labute approximate surface area is 138 Å². The SMILES string of the molecule is CC1(CN=C(N)Nc2cc(F)ccc2F)CCCS1.I. The lowest BCUT2D eigenvalue weighted by atomic mass is 10.1. The van der Waals surface area contributed by atoms with Gasteiger partial charge in [0.25, 0.3) is 0 Å². The summed E-state index contributed by atoms with van der Waals surface area (Å²) in [4.78, 5) is 4.22. The third-order valence-corrected chi connectivity index (χ3v) is 4.60. The fourth-order valence-electron chi connectivity index (χ4n) is 1.98. The zero-order valence-electron chi connectivity index (χ0n) is 11.2. The number of thioether (sulfide) groups is 1. The minimum Gasteiger partial charge on any atom is -0.370 e. The third-order valence-electron chi connectivity index (χ3n) is 3.08. The molecule has 1 aliphatic rings. The zero-order chi connectivity index (χ0) is 13.9. The highest BCUT2D eigenvalue weighted by Gasteiger charge is 2.29. The van der Waals surface area contributed by atoms with Crippen LogP contribution in [0.4, 0.5) is 14.5 Å². The minimum atomic E-state index is -0.555. The van der Waals surface area contributed by atoms with Crippen LogP contribution in [0.15, 0.2) is 23.2 Å². The largest absolute Gasteiger partial charge is 0.370 e. The van der Waals surface area contributed by atoms with Crippen LogP contribution in [-0.2, 0) is 0 Å². The molecule has 1 unspecified atom stereocenters. The molecule has 0 spiro atoms. The number of hydrogen-bond acceptors (Lipinski definition) is 2. The average molecular weight is 413 g/mol. The molecule has 1 saturated heterocycles. The molecule has 1 fully saturated rings. The van der Waals surface area contributed by atoms with Crippen LogP contribution in [0.25, 0.3) is 0 Å². The van der Waals surface area contributed by atoms with E-state index in [9.17, 15) is 8.78 Å². The number of nitrogens with zero attached hydrogens (tertiary/aromatic N) is 1. The second-order valence-electron chi connectivity index (χ2n) is 4.85. The fourth-order valence-corrected chi connectivity index (χ4v) is 3.21. The van der Waals surface area contributed by atoms with Crippen LogP contribution in [0, 0.1) is 11.6 Å². The van der Waals surface area contributed by atoms with Crippen LogP contribution in [-0.4, -0.2) is 23.0 Å². The number of rotatable bonds is 3. The van der Waals surface area contributed by atoms with Crippen molar-refractivity contribution in [3.8, 4) is 0 Å². The van der Waals surface area contributed by atoms with Gasteiger partial charge in [0, 0.05) is 10.8 Å². The van der Waals surface area contributed by atoms with Gasteiger partial charge >= 0.3 is 0 Å². The van der Waals surface area contributed by atoms with Gasteiger partial charge in [0.2, 0.25) is 0 Å². The van der Waals surface area contributed by atoms with Gasteiger partial charge < -0.3 is 11.1 Å². The first kappa shape index (κ1) is 17.5. The van der Waals surface area contributed by atoms with Gasteiger partial charge in [0.05, 0.1) is 12.2 Å². The van der Waals surface area contributed by atoms with E-state index in [0.717, 1.165) is 30.4 Å². The van der Waals surface area contributed by atoms with E-state index in [1.807, 2.05) is 11.8 Å². The zero-order valence-corrected chi connectivity index (χ0v) is 14.3. The average Bonchev–Trinajstić information content (AvgIpc) is 2.79. The molecule has 0 amide bonds. The summed E-state index contributed by atoms with van der Waals surface area (Å²) in [5.74, 6) is 0.173. The van der Waals surface area contributed by atoms with Crippen molar-refractivity contribution in [3.05, 3.63) is 29.8 Å². The Morgan fingerprint density at radius 3 is 2.90 bits per heavy atom. The molecule has 0 aromatic heterocycles. The van der Waals surface area contributed by atoms with E-state index in [1.165, 1.54) is 6.42 Å². The van der Waals surface area contributed by atoms with Gasteiger partial charge in [-0.15, -0.1) is 24.0 Å². The number of halogens is 3. The Kier molecular flexibility index (Phi) is 6.50. The quantitative estimate of drug-likeness (QED) is 0.453. The molecule has 2 rings (SSSR count). The molecular formula is C13H18F2IN3S. The first-order valence-corrected chi connectivity index (χ1v) is 7.13. The van der Waals surface area contributed by atoms with Crippen molar-refractivity contribution in [1.82, 2.24) is 0 Å². The van der Waals surface area contributed by atoms with E-state index < -0.39 is 11.6 Å². The molecule has 3 N–H and O–H groups in total. The maximum atomic E-state index is 13.4. The van der Waals surface area contributed by atoms with Crippen molar-refractivity contribution in [2.24, 2.45) is 10.7 Å². The van der Waals surface area contributed by atoms with Crippen LogP contribution >= 0.6 is 35.7 Å². The van der Waals surface area contributed by atoms with E-state index in [4.69, 9.17) is 5.73 Å². The topological polar surface area (TPSA) is 50.4 Å². The lowest BCUT2D eigenvalue weighted by Crippen LogP contribution is -2.27. The number of hydrogen-bond donors (Lipinski definition) is 2. The summed E-state index contributed by atoms with van der Waals surface area (Å²) in [7, 11) is 0. The molecule has 7 heteroatoms. The number of aliphatic imine (C=N–C) groups is 1. The van der Waals surface area contributed by atoms with Gasteiger partial charge in [-0.2, -0.15) is 11.8 Å². The predicted molar refractivity (Wildman–Crippen MR) is 92.0 cm³/mol. The molecule has 0 radical (unpaired) electrons. The second kappa shape index (κ2) is 7.44. The first-order valence-electron chi connectivity index (χ1n) is 6.14. The lowest BCUT2D eigenvalue weighted by Gasteiger charge is -2.20. The Bertz CT molecular complexity index is 491. The van der Waals surface area contributed by atoms with Crippen molar-refractivity contribution in [2.45, 2.75) is 24.5 Å². The number of nitrogens with one attached hydrogen (secondary N) is 1. The molecule has 1 heterocycles. The molecule has 1 aliphatic heterocycles. The van der Waals surface area contributed by atoms with Gasteiger partial charge in [-0.05, 0) is 37.7 Å². The summed E-state index contributed by atoms with van der Waals surface area (Å²) in [6.07, 6.45) is 2.28. The van der Waals surface area contributed by atoms with Crippen LogP contribution in [0.1, 0.15) is 19.8 Å². The van der Waals surface area contributed by atoms with Gasteiger partial charge in [-0.3, -0.25) is 4.99 Å². The molecule has 1 atom stereocenters. The third kappa shape index (κ3) is 4.76. The van der Waals surface area contributed by atoms with Gasteiger partial charge in [0.15, 0.2) is 5.96 Å². The van der Waals surface area contributed by atoms with Crippen LogP contribution in [0.3, 0.4) is 0 Å². The Morgan fingerprint density at radius 1 is 1.50 bits per heavy atom. The Hall–Kier alpha value is -0.570. The normalized spacial score (nSPS) is 22.4. The van der Waals surface area contributed by atoms with E-state index >= 15 is 0 Å². The highest BCUT2D eigenvalue weighted by molar-refractivity contribution is 14.0. The van der Waals surface area contributed by atoms with Crippen LogP contribution in [0.5, 0.6) is 0 Å². The van der Waals surface area contributed by atoms with Crippen molar-refractivity contribution in [1.29, 1.82) is 0 Å². The van der Waals surface area contributed by atoms with Gasteiger partial charge in [-0.1, -0.05) is 0 Å². The molecule has 20 heavy (non-hydrogen) atoms. The Morgan fingerprint density at radius 2 is 2.25 bits per heavy atom. The van der Waals surface area contributed by atoms with E-state index in [0.29, 0.717) is 6.54 Å². The van der Waals surface area contributed by atoms with Crippen molar-refractivity contribution < 1.29 is 8.78 Å². The highest BCUT2D eigenvalue weighted by Crippen LogP contribution is 2.37. The summed E-state index contributed by atoms with van der Waals surface area (Å²) in [5, 5.41) is 2.60. The minimum absolute atomic E-state index is 0. The number of nitrogens with two attached hydrogens (primary N) is 1. The molecule has 0 bridgehead atoms. The summed E-state index contributed by atoms with van der Waals surface area (Å²) in [6, 6.07) is 3.17. The monoisotopic (exact) mass is 413 g/mol. The smallest absolute Gasteiger partial charge is 0.193 e. The molecule has 0 saturated carbocycles. The fraction of sp³-hybridized carbons (Fsp3) is 0.462. The van der Waals surface area contributed by atoms with Gasteiger partial charge in [0.1, 0.15) is 11.6 Å². The van der Waals surface area contributed by atoms with Crippen LogP contribution < -0.4 is 11.1 Å². The maximum absolute atomic E-state index is 13.4. The van der Waals surface area contributed by atoms with E-state index in [-0.39, 0.29) is 40.4 Å². The number of guanidine groups is 1. The van der Waals surface area contributed by atoms with E-state index in [1.54, 1.807) is 0 Å². The van der Waals surface area contributed by atoms with Crippen LogP contribution in [0.2, 0.25) is 0 Å². The molecular weight excluding hydrogens is 395 g/mol. The van der Waals surface area contributed by atoms with Crippen molar-refractivity contribution >= 4 is 47.4 Å². The maximum Gasteiger partial charge on any atom is 0.193 e. The summed E-state index contributed by atoms with van der Waals surface area (Å²) in [6.45, 7) is 2.72.